The summed E-state index contributed by atoms with van der Waals surface area (Å²) in [6, 6.07) is 2.41. The number of phenolic OH excluding ortho intramolecular Hbond substituents is 1. The number of benzene rings is 1. The molecule has 0 saturated heterocycles. The fourth-order valence-electron chi connectivity index (χ4n) is 1.41. The van der Waals surface area contributed by atoms with E-state index in [1.54, 1.807) is 6.34 Å². The minimum absolute atomic E-state index is 0.367. The number of alkyl halides is 2. The lowest BCUT2D eigenvalue weighted by molar-refractivity contribution is 0.147. The van der Waals surface area contributed by atoms with Crippen LogP contribution in [0.4, 0.5) is 14.5 Å². The van der Waals surface area contributed by atoms with Crippen LogP contribution in [-0.2, 0) is 0 Å². The number of hydrogen-bond donors (Lipinski definition) is 1. The Labute approximate surface area is 113 Å². The zero-order chi connectivity index (χ0) is 13.7. The minimum atomic E-state index is -2.72. The molecule has 1 aromatic rings. The van der Waals surface area contributed by atoms with Crippen LogP contribution in [0, 0.1) is 0 Å². The Balaban J connectivity index is 2.98. The largest absolute Gasteiger partial charge is 0.507 e. The Morgan fingerprint density at radius 1 is 1.50 bits per heavy atom. The summed E-state index contributed by atoms with van der Waals surface area (Å²) in [4.78, 5) is 5.98. The number of phenols is 1. The van der Waals surface area contributed by atoms with E-state index in [9.17, 15) is 13.9 Å². The first-order valence-electron chi connectivity index (χ1n) is 5.50. The molecule has 18 heavy (non-hydrogen) atoms. The van der Waals surface area contributed by atoms with Gasteiger partial charge < -0.3 is 10.0 Å². The van der Waals surface area contributed by atoms with Gasteiger partial charge in [-0.2, -0.15) is 0 Å². The second kappa shape index (κ2) is 6.68. The highest BCUT2D eigenvalue weighted by Gasteiger charge is 2.15. The van der Waals surface area contributed by atoms with E-state index in [2.05, 4.69) is 20.9 Å². The average molecular weight is 321 g/mol. The zero-order valence-corrected chi connectivity index (χ0v) is 11.8. The molecule has 0 amide bonds. The summed E-state index contributed by atoms with van der Waals surface area (Å²) in [7, 11) is 1.86. The highest BCUT2D eigenvalue weighted by atomic mass is 79.9. The van der Waals surface area contributed by atoms with Crippen molar-refractivity contribution in [1.29, 1.82) is 0 Å². The Morgan fingerprint density at radius 2 is 2.17 bits per heavy atom. The van der Waals surface area contributed by atoms with E-state index < -0.39 is 17.7 Å². The molecule has 1 aromatic carbocycles. The van der Waals surface area contributed by atoms with Crippen LogP contribution in [0.15, 0.2) is 21.6 Å². The monoisotopic (exact) mass is 320 g/mol. The van der Waals surface area contributed by atoms with Gasteiger partial charge in [-0.15, -0.1) is 0 Å². The van der Waals surface area contributed by atoms with Gasteiger partial charge in [-0.05, 0) is 34.5 Å². The van der Waals surface area contributed by atoms with Crippen LogP contribution in [0.3, 0.4) is 0 Å². The van der Waals surface area contributed by atoms with Gasteiger partial charge in [-0.25, -0.2) is 13.8 Å². The van der Waals surface area contributed by atoms with Crippen LogP contribution >= 0.6 is 15.9 Å². The lowest BCUT2D eigenvalue weighted by Crippen LogP contribution is -2.16. The van der Waals surface area contributed by atoms with E-state index >= 15 is 0 Å². The van der Waals surface area contributed by atoms with Crippen LogP contribution in [0.5, 0.6) is 5.75 Å². The van der Waals surface area contributed by atoms with Crippen LogP contribution in [0.1, 0.15) is 25.3 Å². The number of rotatable bonds is 5. The molecule has 0 aliphatic heterocycles. The Morgan fingerprint density at radius 3 is 2.72 bits per heavy atom. The number of nitrogens with zero attached hydrogens (tertiary/aromatic N) is 2. The van der Waals surface area contributed by atoms with Crippen LogP contribution in [-0.4, -0.2) is 29.9 Å². The SMILES string of the molecule is CCCN(C)C=Nc1cc(C(F)F)c(O)cc1Br. The zero-order valence-electron chi connectivity index (χ0n) is 10.2. The first kappa shape index (κ1) is 14.9. The van der Waals surface area contributed by atoms with Gasteiger partial charge in [0.1, 0.15) is 5.75 Å². The molecule has 0 aliphatic carbocycles. The number of halogens is 3. The Kier molecular flexibility index (Phi) is 5.53. The van der Waals surface area contributed by atoms with Crippen molar-refractivity contribution >= 4 is 28.0 Å². The second-order valence-electron chi connectivity index (χ2n) is 3.89. The molecule has 0 saturated carbocycles. The third kappa shape index (κ3) is 3.94. The normalized spacial score (nSPS) is 11.4. The molecule has 6 heteroatoms. The van der Waals surface area contributed by atoms with Crippen LogP contribution in [0.25, 0.3) is 0 Å². The Bertz CT molecular complexity index is 438. The summed E-state index contributed by atoms with van der Waals surface area (Å²) in [6.45, 7) is 2.87. The van der Waals surface area contributed by atoms with Crippen molar-refractivity contribution in [3.63, 3.8) is 0 Å². The summed E-state index contributed by atoms with van der Waals surface area (Å²) < 4.78 is 25.7. The standard InChI is InChI=1S/C12H15BrF2N2O/c1-3-4-17(2)7-16-10-5-8(12(14)15)11(18)6-9(10)13/h5-7,12,18H,3-4H2,1-2H3. The predicted octanol–water partition coefficient (Wildman–Crippen LogP) is 4.09. The number of hydrogen-bond acceptors (Lipinski definition) is 2. The van der Waals surface area contributed by atoms with Crippen molar-refractivity contribution < 1.29 is 13.9 Å². The highest BCUT2D eigenvalue weighted by Crippen LogP contribution is 2.36. The third-order valence-corrected chi connectivity index (χ3v) is 2.94. The maximum atomic E-state index is 12.6. The van der Waals surface area contributed by atoms with Gasteiger partial charge >= 0.3 is 0 Å². The van der Waals surface area contributed by atoms with Gasteiger partial charge in [0.15, 0.2) is 0 Å². The number of aliphatic imine (C=N–C) groups is 1. The molecule has 1 rings (SSSR count). The summed E-state index contributed by atoms with van der Waals surface area (Å²) >= 11 is 3.18. The second-order valence-corrected chi connectivity index (χ2v) is 4.74. The maximum Gasteiger partial charge on any atom is 0.267 e. The first-order chi connectivity index (χ1) is 8.45. The molecule has 1 N–H and O–H groups in total. The van der Waals surface area contributed by atoms with E-state index in [4.69, 9.17) is 0 Å². The summed E-state index contributed by atoms with van der Waals surface area (Å²) in [5.41, 5.74) is -0.0467. The minimum Gasteiger partial charge on any atom is -0.507 e. The highest BCUT2D eigenvalue weighted by molar-refractivity contribution is 9.10. The lowest BCUT2D eigenvalue weighted by atomic mass is 10.2. The topological polar surface area (TPSA) is 35.8 Å². The van der Waals surface area contributed by atoms with Gasteiger partial charge in [-0.1, -0.05) is 6.92 Å². The fraction of sp³-hybridized carbons (Fsp3) is 0.417. The van der Waals surface area contributed by atoms with Crippen LogP contribution in [0.2, 0.25) is 0 Å². The molecule has 0 atom stereocenters. The van der Waals surface area contributed by atoms with Crippen molar-refractivity contribution in [3.8, 4) is 5.75 Å². The van der Waals surface area contributed by atoms with Crippen molar-refractivity contribution in [1.82, 2.24) is 4.90 Å². The molecule has 0 fully saturated rings. The number of aromatic hydroxyl groups is 1. The fourth-order valence-corrected chi connectivity index (χ4v) is 1.85. The quantitative estimate of drug-likeness (QED) is 0.655. The first-order valence-corrected chi connectivity index (χ1v) is 6.30. The smallest absolute Gasteiger partial charge is 0.267 e. The van der Waals surface area contributed by atoms with Crippen molar-refractivity contribution in [2.24, 2.45) is 4.99 Å². The van der Waals surface area contributed by atoms with E-state index in [0.717, 1.165) is 13.0 Å². The van der Waals surface area contributed by atoms with Crippen molar-refractivity contribution in [3.05, 3.63) is 22.2 Å². The molecule has 100 valence electrons. The maximum absolute atomic E-state index is 12.6. The predicted molar refractivity (Wildman–Crippen MR) is 71.8 cm³/mol. The molecule has 0 heterocycles. The van der Waals surface area contributed by atoms with E-state index in [1.807, 2.05) is 18.9 Å². The molecule has 0 spiro atoms. The molecule has 0 bridgehead atoms. The molecule has 3 nitrogen and oxygen atoms in total. The van der Waals surface area contributed by atoms with E-state index in [1.165, 1.54) is 12.1 Å². The molecular formula is C12H15BrF2N2O. The third-order valence-electron chi connectivity index (χ3n) is 2.30. The van der Waals surface area contributed by atoms with E-state index in [-0.39, 0.29) is 0 Å². The van der Waals surface area contributed by atoms with Crippen molar-refractivity contribution in [2.75, 3.05) is 13.6 Å². The van der Waals surface area contributed by atoms with Gasteiger partial charge in [0.25, 0.3) is 6.43 Å². The summed E-state index contributed by atoms with van der Waals surface area (Å²) in [5.74, 6) is -0.433. The molecular weight excluding hydrogens is 306 g/mol. The van der Waals surface area contributed by atoms with Gasteiger partial charge in [0, 0.05) is 18.1 Å². The Hall–Kier alpha value is -1.17. The van der Waals surface area contributed by atoms with Gasteiger partial charge in [0.05, 0.1) is 17.6 Å². The summed E-state index contributed by atoms with van der Waals surface area (Å²) in [6.07, 6.45) is -0.169. The van der Waals surface area contributed by atoms with E-state index in [0.29, 0.717) is 10.2 Å². The molecule has 0 aliphatic rings. The molecule has 0 unspecified atom stereocenters. The lowest BCUT2D eigenvalue weighted by Gasteiger charge is -2.11. The molecule has 0 aromatic heterocycles. The van der Waals surface area contributed by atoms with Crippen molar-refractivity contribution in [2.45, 2.75) is 19.8 Å². The van der Waals surface area contributed by atoms with Crippen LogP contribution < -0.4 is 0 Å². The average Bonchev–Trinajstić information content (AvgIpc) is 2.27. The molecule has 0 radical (unpaired) electrons. The van der Waals surface area contributed by atoms with Gasteiger partial charge in [0.2, 0.25) is 0 Å². The van der Waals surface area contributed by atoms with Gasteiger partial charge in [-0.3, -0.25) is 0 Å². The summed E-state index contributed by atoms with van der Waals surface area (Å²) in [5, 5.41) is 9.38.